The van der Waals surface area contributed by atoms with E-state index < -0.39 is 0 Å². The summed E-state index contributed by atoms with van der Waals surface area (Å²) < 4.78 is 6.15. The van der Waals surface area contributed by atoms with Gasteiger partial charge in [-0.15, -0.1) is 6.58 Å². The van der Waals surface area contributed by atoms with Gasteiger partial charge < -0.3 is 4.74 Å². The number of hydrogen-bond acceptors (Lipinski definition) is 2. The molecule has 0 aromatic heterocycles. The van der Waals surface area contributed by atoms with Crippen molar-refractivity contribution in [3.63, 3.8) is 0 Å². The SMILES string of the molecule is C=C[C@H]1N=C(C(C)(C)C)O[C@H]1C1CCCCC1. The van der Waals surface area contributed by atoms with Crippen molar-refractivity contribution in [2.45, 2.75) is 65.0 Å². The van der Waals surface area contributed by atoms with E-state index in [0.717, 1.165) is 5.90 Å². The Bertz CT molecular complexity index is 307. The first-order valence-corrected chi connectivity index (χ1v) is 6.90. The first kappa shape index (κ1) is 12.7. The van der Waals surface area contributed by atoms with Gasteiger partial charge in [-0.3, -0.25) is 0 Å². The summed E-state index contributed by atoms with van der Waals surface area (Å²) in [5.41, 5.74) is 0.0185. The summed E-state index contributed by atoms with van der Waals surface area (Å²) in [5, 5.41) is 0. The van der Waals surface area contributed by atoms with Crippen LogP contribution in [0.4, 0.5) is 0 Å². The van der Waals surface area contributed by atoms with Crippen molar-refractivity contribution < 1.29 is 4.74 Å². The van der Waals surface area contributed by atoms with Crippen LogP contribution in [0.2, 0.25) is 0 Å². The third-order valence-corrected chi connectivity index (χ3v) is 3.85. The molecule has 0 N–H and O–H groups in total. The molecule has 2 rings (SSSR count). The van der Waals surface area contributed by atoms with Gasteiger partial charge in [-0.1, -0.05) is 46.1 Å². The summed E-state index contributed by atoms with van der Waals surface area (Å²) in [5.74, 6) is 1.59. The maximum absolute atomic E-state index is 6.15. The van der Waals surface area contributed by atoms with Gasteiger partial charge in [-0.05, 0) is 18.8 Å². The van der Waals surface area contributed by atoms with Crippen molar-refractivity contribution in [2.24, 2.45) is 16.3 Å². The molecule has 0 spiro atoms. The molecule has 2 nitrogen and oxygen atoms in total. The summed E-state index contributed by atoms with van der Waals surface area (Å²) in [6.45, 7) is 10.4. The van der Waals surface area contributed by atoms with E-state index in [1.807, 2.05) is 6.08 Å². The van der Waals surface area contributed by atoms with Crippen LogP contribution in [-0.4, -0.2) is 18.0 Å². The molecular formula is C15H25NO. The fraction of sp³-hybridized carbons (Fsp3) is 0.800. The molecule has 96 valence electrons. The highest BCUT2D eigenvalue weighted by Gasteiger charge is 2.39. The molecule has 0 saturated heterocycles. The minimum atomic E-state index is 0.0185. The highest BCUT2D eigenvalue weighted by molar-refractivity contribution is 5.83. The van der Waals surface area contributed by atoms with E-state index in [2.05, 4.69) is 27.4 Å². The number of ether oxygens (including phenoxy) is 1. The lowest BCUT2D eigenvalue weighted by atomic mass is 9.83. The van der Waals surface area contributed by atoms with Gasteiger partial charge in [0.2, 0.25) is 0 Å². The number of nitrogens with zero attached hydrogens (tertiary/aromatic N) is 1. The summed E-state index contributed by atoms with van der Waals surface area (Å²) in [7, 11) is 0. The largest absolute Gasteiger partial charge is 0.474 e. The molecule has 1 aliphatic carbocycles. The third kappa shape index (κ3) is 2.72. The maximum Gasteiger partial charge on any atom is 0.189 e. The van der Waals surface area contributed by atoms with Gasteiger partial charge in [0, 0.05) is 5.41 Å². The quantitative estimate of drug-likeness (QED) is 0.664. The molecule has 0 amide bonds. The van der Waals surface area contributed by atoms with Crippen LogP contribution in [-0.2, 0) is 4.74 Å². The van der Waals surface area contributed by atoms with E-state index in [1.165, 1.54) is 32.1 Å². The Hall–Kier alpha value is -0.790. The summed E-state index contributed by atoms with van der Waals surface area (Å²) in [4.78, 5) is 4.71. The zero-order chi connectivity index (χ0) is 12.5. The van der Waals surface area contributed by atoms with Gasteiger partial charge in [-0.2, -0.15) is 0 Å². The minimum absolute atomic E-state index is 0.0185. The predicted molar refractivity (Wildman–Crippen MR) is 72.3 cm³/mol. The van der Waals surface area contributed by atoms with Crippen LogP contribution in [0, 0.1) is 11.3 Å². The zero-order valence-electron chi connectivity index (χ0n) is 11.4. The van der Waals surface area contributed by atoms with Crippen molar-refractivity contribution in [3.8, 4) is 0 Å². The van der Waals surface area contributed by atoms with Crippen LogP contribution in [0.3, 0.4) is 0 Å². The second-order valence-corrected chi connectivity index (χ2v) is 6.39. The van der Waals surface area contributed by atoms with E-state index >= 15 is 0 Å². The smallest absolute Gasteiger partial charge is 0.189 e. The topological polar surface area (TPSA) is 21.6 Å². The molecule has 0 aromatic carbocycles. The van der Waals surface area contributed by atoms with Crippen LogP contribution in [0.5, 0.6) is 0 Å². The Balaban J connectivity index is 2.08. The molecule has 0 radical (unpaired) electrons. The van der Waals surface area contributed by atoms with Gasteiger partial charge in [-0.25, -0.2) is 4.99 Å². The molecule has 1 aliphatic heterocycles. The average molecular weight is 235 g/mol. The van der Waals surface area contributed by atoms with E-state index in [9.17, 15) is 0 Å². The highest BCUT2D eigenvalue weighted by Crippen LogP contribution is 2.36. The van der Waals surface area contributed by atoms with Crippen molar-refractivity contribution in [1.29, 1.82) is 0 Å². The van der Waals surface area contributed by atoms with Gasteiger partial charge in [0.15, 0.2) is 5.90 Å². The van der Waals surface area contributed by atoms with Crippen molar-refractivity contribution in [2.75, 3.05) is 0 Å². The van der Waals surface area contributed by atoms with Gasteiger partial charge in [0.05, 0.1) is 0 Å². The van der Waals surface area contributed by atoms with Gasteiger partial charge in [0.25, 0.3) is 0 Å². The molecule has 0 unspecified atom stereocenters. The van der Waals surface area contributed by atoms with Crippen molar-refractivity contribution in [1.82, 2.24) is 0 Å². The normalized spacial score (nSPS) is 30.9. The molecule has 2 aliphatic rings. The molecular weight excluding hydrogens is 210 g/mol. The lowest BCUT2D eigenvalue weighted by Gasteiger charge is -2.30. The van der Waals surface area contributed by atoms with Crippen molar-refractivity contribution in [3.05, 3.63) is 12.7 Å². The minimum Gasteiger partial charge on any atom is -0.474 e. The Kier molecular flexibility index (Phi) is 3.60. The highest BCUT2D eigenvalue weighted by atomic mass is 16.5. The molecule has 0 aromatic rings. The lowest BCUT2D eigenvalue weighted by Crippen LogP contribution is -2.33. The Morgan fingerprint density at radius 2 is 1.88 bits per heavy atom. The lowest BCUT2D eigenvalue weighted by molar-refractivity contribution is 0.0978. The second-order valence-electron chi connectivity index (χ2n) is 6.39. The molecule has 1 saturated carbocycles. The van der Waals surface area contributed by atoms with Crippen LogP contribution >= 0.6 is 0 Å². The monoisotopic (exact) mass is 235 g/mol. The number of hydrogen-bond donors (Lipinski definition) is 0. The van der Waals surface area contributed by atoms with E-state index in [-0.39, 0.29) is 17.6 Å². The van der Waals surface area contributed by atoms with Gasteiger partial charge >= 0.3 is 0 Å². The molecule has 1 heterocycles. The van der Waals surface area contributed by atoms with Crippen LogP contribution in [0.1, 0.15) is 52.9 Å². The summed E-state index contributed by atoms with van der Waals surface area (Å²) in [6.07, 6.45) is 8.87. The van der Waals surface area contributed by atoms with Crippen molar-refractivity contribution >= 4 is 5.90 Å². The van der Waals surface area contributed by atoms with Crippen LogP contribution < -0.4 is 0 Å². The predicted octanol–water partition coefficient (Wildman–Crippen LogP) is 3.96. The Morgan fingerprint density at radius 1 is 1.24 bits per heavy atom. The number of rotatable bonds is 2. The van der Waals surface area contributed by atoms with Crippen LogP contribution in [0.25, 0.3) is 0 Å². The Morgan fingerprint density at radius 3 is 2.41 bits per heavy atom. The maximum atomic E-state index is 6.15. The molecule has 0 bridgehead atoms. The first-order valence-electron chi connectivity index (χ1n) is 6.90. The first-order chi connectivity index (χ1) is 8.02. The van der Waals surface area contributed by atoms with E-state index in [1.54, 1.807) is 0 Å². The standard InChI is InChI=1S/C15H25NO/c1-5-12-13(11-9-7-6-8-10-11)17-14(16-12)15(2,3)4/h5,11-13H,1,6-10H2,2-4H3/t12-,13+/m1/s1. The zero-order valence-corrected chi connectivity index (χ0v) is 11.4. The third-order valence-electron chi connectivity index (χ3n) is 3.85. The number of aliphatic imine (C=N–C) groups is 1. The summed E-state index contributed by atoms with van der Waals surface area (Å²) >= 11 is 0. The molecule has 17 heavy (non-hydrogen) atoms. The fourth-order valence-corrected chi connectivity index (χ4v) is 2.83. The second kappa shape index (κ2) is 4.83. The average Bonchev–Trinajstić information content (AvgIpc) is 2.73. The van der Waals surface area contributed by atoms with E-state index in [4.69, 9.17) is 9.73 Å². The molecule has 1 fully saturated rings. The molecule has 2 atom stereocenters. The Labute approximate surface area is 105 Å². The van der Waals surface area contributed by atoms with Gasteiger partial charge in [0.1, 0.15) is 12.1 Å². The van der Waals surface area contributed by atoms with E-state index in [0.29, 0.717) is 5.92 Å². The van der Waals surface area contributed by atoms with Crippen LogP contribution in [0.15, 0.2) is 17.6 Å². The fourth-order valence-electron chi connectivity index (χ4n) is 2.83. The molecule has 2 heteroatoms. The summed E-state index contributed by atoms with van der Waals surface area (Å²) in [6, 6.07) is 0.173.